The second-order valence-corrected chi connectivity index (χ2v) is 6.59. The highest BCUT2D eigenvalue weighted by Crippen LogP contribution is 2.39. The third-order valence-corrected chi connectivity index (χ3v) is 4.71. The lowest BCUT2D eigenvalue weighted by molar-refractivity contribution is 0.285. The van der Waals surface area contributed by atoms with E-state index in [9.17, 15) is 4.39 Å². The number of aliphatic hydroxyl groups excluding tert-OH is 1. The number of halogens is 1. The highest BCUT2D eigenvalue weighted by molar-refractivity contribution is 7.15. The maximum Gasteiger partial charge on any atom is 0.184 e. The van der Waals surface area contributed by atoms with Gasteiger partial charge in [-0.25, -0.2) is 14.4 Å². The normalized spacial score (nSPS) is 14.2. The summed E-state index contributed by atoms with van der Waals surface area (Å²) in [5.41, 5.74) is 1.06. The van der Waals surface area contributed by atoms with Crippen LogP contribution in [0.2, 0.25) is 0 Å². The van der Waals surface area contributed by atoms with Crippen molar-refractivity contribution in [3.05, 3.63) is 40.8 Å². The monoisotopic (exact) mass is 331 g/mol. The first-order chi connectivity index (χ1) is 11.2. The Morgan fingerprint density at radius 1 is 1.39 bits per heavy atom. The van der Waals surface area contributed by atoms with E-state index in [1.54, 1.807) is 6.07 Å². The minimum Gasteiger partial charge on any atom is -0.391 e. The Morgan fingerprint density at radius 2 is 2.26 bits per heavy atom. The van der Waals surface area contributed by atoms with Gasteiger partial charge in [-0.2, -0.15) is 5.10 Å². The average Bonchev–Trinajstić information content (AvgIpc) is 3.11. The van der Waals surface area contributed by atoms with Crippen molar-refractivity contribution in [1.82, 2.24) is 20.2 Å². The molecule has 0 spiro atoms. The first-order valence-corrected chi connectivity index (χ1v) is 8.09. The van der Waals surface area contributed by atoms with E-state index in [1.165, 1.54) is 24.2 Å². The van der Waals surface area contributed by atoms with Crippen molar-refractivity contribution < 1.29 is 9.50 Å². The number of anilines is 2. The zero-order chi connectivity index (χ0) is 15.8. The number of aromatic amines is 1. The number of hydrogen-bond donors (Lipinski definition) is 3. The third-order valence-electron chi connectivity index (χ3n) is 3.64. The third kappa shape index (κ3) is 2.95. The molecule has 0 unspecified atom stereocenters. The zero-order valence-corrected chi connectivity index (χ0v) is 12.9. The van der Waals surface area contributed by atoms with Gasteiger partial charge in [0.05, 0.1) is 17.7 Å². The molecule has 0 bridgehead atoms. The Bertz CT molecular complexity index is 842. The molecule has 4 rings (SSSR count). The van der Waals surface area contributed by atoms with Gasteiger partial charge >= 0.3 is 0 Å². The predicted molar refractivity (Wildman–Crippen MR) is 85.1 cm³/mol. The van der Waals surface area contributed by atoms with Crippen LogP contribution >= 0.6 is 11.3 Å². The van der Waals surface area contributed by atoms with Crippen LogP contribution in [-0.2, 0) is 6.61 Å². The quantitative estimate of drug-likeness (QED) is 0.668. The summed E-state index contributed by atoms with van der Waals surface area (Å²) < 4.78 is 14.0. The number of aromatic nitrogens is 4. The van der Waals surface area contributed by atoms with Gasteiger partial charge in [0.2, 0.25) is 0 Å². The summed E-state index contributed by atoms with van der Waals surface area (Å²) in [5, 5.41) is 19.1. The fraction of sp³-hybridized carbons (Fsp3) is 0.267. The lowest BCUT2D eigenvalue weighted by atomic mass is 10.3. The van der Waals surface area contributed by atoms with Crippen molar-refractivity contribution in [1.29, 1.82) is 0 Å². The van der Waals surface area contributed by atoms with E-state index in [-0.39, 0.29) is 12.4 Å². The molecule has 3 aromatic heterocycles. The van der Waals surface area contributed by atoms with Crippen LogP contribution in [0, 0.1) is 5.82 Å². The highest BCUT2D eigenvalue weighted by atomic mass is 32.1. The standard InChI is InChI=1S/C15H14FN5OS/c16-10-6-17-15(12-4-3-9(7-22)23-12)19-14(10)18-13-5-11(20-21-13)8-1-2-8/h3-6,8,22H,1-2,7H2,(H2,17,18,19,20,21). The molecule has 118 valence electrons. The number of H-pyrrole nitrogens is 1. The summed E-state index contributed by atoms with van der Waals surface area (Å²) in [7, 11) is 0. The minimum absolute atomic E-state index is 0.0335. The molecule has 6 nitrogen and oxygen atoms in total. The van der Waals surface area contributed by atoms with Crippen molar-refractivity contribution in [3.8, 4) is 10.7 Å². The lowest BCUT2D eigenvalue weighted by Crippen LogP contribution is -2.00. The summed E-state index contributed by atoms with van der Waals surface area (Å²) in [5.74, 6) is 1.05. The molecule has 1 aliphatic rings. The first-order valence-electron chi connectivity index (χ1n) is 7.28. The number of rotatable bonds is 5. The molecule has 3 aromatic rings. The van der Waals surface area contributed by atoms with Gasteiger partial charge in [-0.05, 0) is 25.0 Å². The maximum atomic E-state index is 14.0. The molecule has 1 saturated carbocycles. The van der Waals surface area contributed by atoms with E-state index in [1.807, 2.05) is 12.1 Å². The number of aliphatic hydroxyl groups is 1. The van der Waals surface area contributed by atoms with Crippen molar-refractivity contribution in [3.63, 3.8) is 0 Å². The lowest BCUT2D eigenvalue weighted by Gasteiger charge is -2.04. The average molecular weight is 331 g/mol. The Kier molecular flexibility index (Phi) is 3.55. The number of nitrogens with one attached hydrogen (secondary N) is 2. The van der Waals surface area contributed by atoms with Crippen molar-refractivity contribution >= 4 is 23.0 Å². The molecule has 0 saturated heterocycles. The van der Waals surface area contributed by atoms with Gasteiger partial charge in [0.15, 0.2) is 23.3 Å². The van der Waals surface area contributed by atoms with Crippen LogP contribution in [0.3, 0.4) is 0 Å². The fourth-order valence-electron chi connectivity index (χ4n) is 2.28. The zero-order valence-electron chi connectivity index (χ0n) is 12.1. The molecule has 0 aliphatic heterocycles. The topological polar surface area (TPSA) is 86.7 Å². The SMILES string of the molecule is OCc1ccc(-c2ncc(F)c(Nc3cc(C4CC4)[nH]n3)n2)s1. The molecule has 0 amide bonds. The van der Waals surface area contributed by atoms with Gasteiger partial charge in [-0.1, -0.05) is 0 Å². The summed E-state index contributed by atoms with van der Waals surface area (Å²) in [6, 6.07) is 5.50. The molecular weight excluding hydrogens is 317 g/mol. The van der Waals surface area contributed by atoms with Crippen molar-refractivity contribution in [2.75, 3.05) is 5.32 Å². The summed E-state index contributed by atoms with van der Waals surface area (Å²) in [6.45, 7) is -0.0335. The summed E-state index contributed by atoms with van der Waals surface area (Å²) in [6.07, 6.45) is 3.47. The van der Waals surface area contributed by atoms with Crippen molar-refractivity contribution in [2.24, 2.45) is 0 Å². The van der Waals surface area contributed by atoms with Crippen LogP contribution in [0.1, 0.15) is 29.3 Å². The van der Waals surface area contributed by atoms with Crippen LogP contribution in [0.25, 0.3) is 10.7 Å². The van der Waals surface area contributed by atoms with E-state index < -0.39 is 5.82 Å². The van der Waals surface area contributed by atoms with E-state index in [0.29, 0.717) is 17.6 Å². The largest absolute Gasteiger partial charge is 0.391 e. The van der Waals surface area contributed by atoms with Crippen LogP contribution in [-0.4, -0.2) is 25.3 Å². The van der Waals surface area contributed by atoms with E-state index in [4.69, 9.17) is 5.11 Å². The Morgan fingerprint density at radius 3 is 3.00 bits per heavy atom. The molecular formula is C15H14FN5OS. The molecule has 8 heteroatoms. The molecule has 1 aliphatic carbocycles. The molecule has 0 radical (unpaired) electrons. The van der Waals surface area contributed by atoms with Gasteiger partial charge < -0.3 is 10.4 Å². The van der Waals surface area contributed by atoms with Gasteiger partial charge in [0.1, 0.15) is 0 Å². The fourth-order valence-corrected chi connectivity index (χ4v) is 3.09. The number of nitrogens with zero attached hydrogens (tertiary/aromatic N) is 3. The summed E-state index contributed by atoms with van der Waals surface area (Å²) in [4.78, 5) is 9.83. The van der Waals surface area contributed by atoms with E-state index in [2.05, 4.69) is 25.5 Å². The van der Waals surface area contributed by atoms with Gasteiger partial charge in [0, 0.05) is 22.6 Å². The van der Waals surface area contributed by atoms with Crippen LogP contribution in [0.5, 0.6) is 0 Å². The number of thiophene rings is 1. The first kappa shape index (κ1) is 14.3. The molecule has 3 N–H and O–H groups in total. The Labute approximate surface area is 135 Å². The molecule has 1 fully saturated rings. The molecule has 0 aromatic carbocycles. The van der Waals surface area contributed by atoms with Crippen LogP contribution in [0.15, 0.2) is 24.4 Å². The molecule has 0 atom stereocenters. The maximum absolute atomic E-state index is 14.0. The molecule has 23 heavy (non-hydrogen) atoms. The van der Waals surface area contributed by atoms with Crippen LogP contribution in [0.4, 0.5) is 16.0 Å². The van der Waals surface area contributed by atoms with Crippen molar-refractivity contribution in [2.45, 2.75) is 25.4 Å². The predicted octanol–water partition coefficient (Wildman–Crippen LogP) is 3.18. The smallest absolute Gasteiger partial charge is 0.184 e. The summed E-state index contributed by atoms with van der Waals surface area (Å²) >= 11 is 1.38. The van der Waals surface area contributed by atoms with E-state index in [0.717, 1.165) is 21.6 Å². The van der Waals surface area contributed by atoms with Gasteiger partial charge in [-0.15, -0.1) is 11.3 Å². The van der Waals surface area contributed by atoms with Gasteiger partial charge in [-0.3, -0.25) is 5.10 Å². The highest BCUT2D eigenvalue weighted by Gasteiger charge is 2.25. The van der Waals surface area contributed by atoms with E-state index >= 15 is 0 Å². The Hall–Kier alpha value is -2.32. The minimum atomic E-state index is -0.538. The van der Waals surface area contributed by atoms with Gasteiger partial charge in [0.25, 0.3) is 0 Å². The van der Waals surface area contributed by atoms with Crippen LogP contribution < -0.4 is 5.32 Å². The second kappa shape index (κ2) is 5.71. The Balaban J connectivity index is 1.60. The molecule has 3 heterocycles. The number of hydrogen-bond acceptors (Lipinski definition) is 6. The second-order valence-electron chi connectivity index (χ2n) is 5.42.